The molecule has 0 N–H and O–H groups in total. The van der Waals surface area contributed by atoms with Gasteiger partial charge in [0.05, 0.1) is 12.1 Å². The third-order valence-electron chi connectivity index (χ3n) is 3.44. The Morgan fingerprint density at radius 3 is 2.05 bits per heavy atom. The SMILES string of the molecule is CC(C)(C)OC(=O)N1[C@H](c2ccccc2)[C@@H]1C(C)(C)C. The van der Waals surface area contributed by atoms with Gasteiger partial charge in [0.25, 0.3) is 0 Å². The summed E-state index contributed by atoms with van der Waals surface area (Å²) in [5, 5.41) is 0. The van der Waals surface area contributed by atoms with Gasteiger partial charge in [0.15, 0.2) is 0 Å². The van der Waals surface area contributed by atoms with Gasteiger partial charge < -0.3 is 4.74 Å². The van der Waals surface area contributed by atoms with Crippen molar-refractivity contribution in [3.63, 3.8) is 0 Å². The average molecular weight is 275 g/mol. The van der Waals surface area contributed by atoms with Crippen molar-refractivity contribution in [3.05, 3.63) is 35.9 Å². The van der Waals surface area contributed by atoms with Gasteiger partial charge in [-0.15, -0.1) is 0 Å². The zero-order valence-electron chi connectivity index (χ0n) is 13.3. The molecule has 1 amide bonds. The molecule has 0 radical (unpaired) electrons. The fourth-order valence-corrected chi connectivity index (χ4v) is 2.66. The van der Waals surface area contributed by atoms with E-state index in [2.05, 4.69) is 32.9 Å². The lowest BCUT2D eigenvalue weighted by molar-refractivity contribution is 0.0373. The maximum absolute atomic E-state index is 12.4. The van der Waals surface area contributed by atoms with Gasteiger partial charge in [-0.25, -0.2) is 4.79 Å². The summed E-state index contributed by atoms with van der Waals surface area (Å²) < 4.78 is 5.53. The molecule has 1 fully saturated rings. The normalized spacial score (nSPS) is 22.6. The third-order valence-corrected chi connectivity index (χ3v) is 3.44. The molecule has 0 aromatic heterocycles. The number of nitrogens with zero attached hydrogens (tertiary/aromatic N) is 1. The van der Waals surface area contributed by atoms with Crippen LogP contribution in [0.1, 0.15) is 53.1 Å². The highest BCUT2D eigenvalue weighted by molar-refractivity contribution is 5.73. The van der Waals surface area contributed by atoms with Gasteiger partial charge >= 0.3 is 6.09 Å². The third kappa shape index (κ3) is 3.14. The lowest BCUT2D eigenvalue weighted by Gasteiger charge is -2.22. The molecule has 0 unspecified atom stereocenters. The quantitative estimate of drug-likeness (QED) is 0.711. The predicted octanol–water partition coefficient (Wildman–Crippen LogP) is 4.39. The van der Waals surface area contributed by atoms with Crippen LogP contribution >= 0.6 is 0 Å². The molecule has 3 nitrogen and oxygen atoms in total. The number of benzene rings is 1. The van der Waals surface area contributed by atoms with E-state index in [0.717, 1.165) is 0 Å². The zero-order valence-corrected chi connectivity index (χ0v) is 13.3. The standard InChI is InChI=1S/C17H25NO2/c1-16(2,3)14-13(12-10-8-7-9-11-12)18(14)15(19)20-17(4,5)6/h7-11,13-14H,1-6H3/t13-,14-,18?/m1/s1. The van der Waals surface area contributed by atoms with Crippen molar-refractivity contribution < 1.29 is 9.53 Å². The van der Waals surface area contributed by atoms with Crippen molar-refractivity contribution >= 4 is 6.09 Å². The monoisotopic (exact) mass is 275 g/mol. The van der Waals surface area contributed by atoms with Crippen LogP contribution in [0.5, 0.6) is 0 Å². The van der Waals surface area contributed by atoms with E-state index in [1.807, 2.05) is 43.9 Å². The molecule has 110 valence electrons. The number of carbonyl (C=O) groups is 1. The highest BCUT2D eigenvalue weighted by Crippen LogP contribution is 2.52. The minimum absolute atomic E-state index is 0.0391. The highest BCUT2D eigenvalue weighted by atomic mass is 16.6. The van der Waals surface area contributed by atoms with E-state index in [9.17, 15) is 4.79 Å². The first-order valence-electron chi connectivity index (χ1n) is 7.17. The first kappa shape index (κ1) is 14.9. The van der Waals surface area contributed by atoms with Crippen molar-refractivity contribution in [2.24, 2.45) is 5.41 Å². The molecular weight excluding hydrogens is 250 g/mol. The zero-order chi connectivity index (χ0) is 15.1. The maximum atomic E-state index is 12.4. The smallest absolute Gasteiger partial charge is 0.411 e. The van der Waals surface area contributed by atoms with Crippen LogP contribution in [0.25, 0.3) is 0 Å². The molecule has 2 atom stereocenters. The Bertz CT molecular complexity index is 482. The van der Waals surface area contributed by atoms with Crippen LogP contribution in [0.15, 0.2) is 30.3 Å². The fraction of sp³-hybridized carbons (Fsp3) is 0.588. The van der Waals surface area contributed by atoms with E-state index >= 15 is 0 Å². The number of hydrogen-bond donors (Lipinski definition) is 0. The van der Waals surface area contributed by atoms with E-state index in [0.29, 0.717) is 0 Å². The van der Waals surface area contributed by atoms with Crippen molar-refractivity contribution in [2.75, 3.05) is 0 Å². The summed E-state index contributed by atoms with van der Waals surface area (Å²) in [4.78, 5) is 14.2. The lowest BCUT2D eigenvalue weighted by Crippen LogP contribution is -2.30. The first-order chi connectivity index (χ1) is 9.11. The molecule has 1 aromatic carbocycles. The molecule has 0 saturated carbocycles. The number of amides is 1. The molecule has 1 aromatic rings. The van der Waals surface area contributed by atoms with Crippen molar-refractivity contribution in [2.45, 2.75) is 59.2 Å². The predicted molar refractivity (Wildman–Crippen MR) is 80.5 cm³/mol. The molecule has 1 saturated heterocycles. The van der Waals surface area contributed by atoms with E-state index in [1.165, 1.54) is 5.56 Å². The molecule has 0 aliphatic carbocycles. The van der Waals surface area contributed by atoms with Gasteiger partial charge in [-0.05, 0) is 31.7 Å². The van der Waals surface area contributed by atoms with E-state index < -0.39 is 5.60 Å². The Kier molecular flexibility index (Phi) is 3.57. The Labute approximate surface area is 121 Å². The van der Waals surface area contributed by atoms with Gasteiger partial charge in [-0.1, -0.05) is 51.1 Å². The largest absolute Gasteiger partial charge is 0.444 e. The Morgan fingerprint density at radius 1 is 1.05 bits per heavy atom. The van der Waals surface area contributed by atoms with Crippen LogP contribution in [-0.4, -0.2) is 22.6 Å². The number of carbonyl (C=O) groups excluding carboxylic acids is 1. The number of hydrogen-bond acceptors (Lipinski definition) is 2. The number of ether oxygens (including phenoxy) is 1. The molecule has 1 heterocycles. The van der Waals surface area contributed by atoms with Crippen LogP contribution in [-0.2, 0) is 4.74 Å². The molecule has 0 spiro atoms. The lowest BCUT2D eigenvalue weighted by atomic mass is 9.88. The molecule has 20 heavy (non-hydrogen) atoms. The van der Waals surface area contributed by atoms with Gasteiger partial charge in [0, 0.05) is 0 Å². The Hall–Kier alpha value is -1.51. The van der Waals surface area contributed by atoms with Gasteiger partial charge in [-0.2, -0.15) is 0 Å². The molecule has 1 aliphatic rings. The molecule has 0 bridgehead atoms. The maximum Gasteiger partial charge on any atom is 0.411 e. The van der Waals surface area contributed by atoms with Crippen LogP contribution in [0.2, 0.25) is 0 Å². The van der Waals surface area contributed by atoms with Gasteiger partial charge in [-0.3, -0.25) is 4.90 Å². The van der Waals surface area contributed by atoms with Gasteiger partial charge in [0.1, 0.15) is 5.60 Å². The highest BCUT2D eigenvalue weighted by Gasteiger charge is 2.58. The van der Waals surface area contributed by atoms with Crippen LogP contribution < -0.4 is 0 Å². The second kappa shape index (κ2) is 4.80. The minimum Gasteiger partial charge on any atom is -0.444 e. The summed E-state index contributed by atoms with van der Waals surface area (Å²) in [6.07, 6.45) is -0.216. The van der Waals surface area contributed by atoms with Crippen molar-refractivity contribution in [1.82, 2.24) is 4.90 Å². The van der Waals surface area contributed by atoms with Crippen LogP contribution in [0, 0.1) is 5.41 Å². The van der Waals surface area contributed by atoms with E-state index in [-0.39, 0.29) is 23.6 Å². The fourth-order valence-electron chi connectivity index (χ4n) is 2.66. The molecular formula is C17H25NO2. The summed E-state index contributed by atoms with van der Waals surface area (Å²) in [6, 6.07) is 10.5. The Balaban J connectivity index is 2.21. The second-order valence-corrected chi connectivity index (χ2v) is 7.55. The average Bonchev–Trinajstić information content (AvgIpc) is 3.02. The molecule has 1 aliphatic heterocycles. The molecule has 2 rings (SSSR count). The van der Waals surface area contributed by atoms with Crippen molar-refractivity contribution in [3.8, 4) is 0 Å². The topological polar surface area (TPSA) is 29.3 Å². The summed E-state index contributed by atoms with van der Waals surface area (Å²) in [7, 11) is 0. The van der Waals surface area contributed by atoms with Crippen LogP contribution in [0.3, 0.4) is 0 Å². The van der Waals surface area contributed by atoms with Crippen LogP contribution in [0.4, 0.5) is 4.79 Å². The van der Waals surface area contributed by atoms with E-state index in [1.54, 1.807) is 0 Å². The summed E-state index contributed by atoms with van der Waals surface area (Å²) >= 11 is 0. The van der Waals surface area contributed by atoms with E-state index in [4.69, 9.17) is 4.74 Å². The Morgan fingerprint density at radius 2 is 1.60 bits per heavy atom. The molecule has 3 heteroatoms. The minimum atomic E-state index is -0.455. The summed E-state index contributed by atoms with van der Waals surface area (Å²) in [5.74, 6) is 0. The number of rotatable bonds is 1. The second-order valence-electron chi connectivity index (χ2n) is 7.55. The van der Waals surface area contributed by atoms with Gasteiger partial charge in [0.2, 0.25) is 0 Å². The summed E-state index contributed by atoms with van der Waals surface area (Å²) in [6.45, 7) is 12.2. The summed E-state index contributed by atoms with van der Waals surface area (Å²) in [5.41, 5.74) is 0.763. The first-order valence-corrected chi connectivity index (χ1v) is 7.17. The van der Waals surface area contributed by atoms with Crippen molar-refractivity contribution in [1.29, 1.82) is 0 Å².